The molecule has 5 heteroatoms. The summed E-state index contributed by atoms with van der Waals surface area (Å²) in [7, 11) is -1.30. The van der Waals surface area contributed by atoms with Crippen LogP contribution in [-0.4, -0.2) is 29.3 Å². The highest BCUT2D eigenvalue weighted by Gasteiger charge is 2.21. The molecule has 1 N–H and O–H groups in total. The molecule has 0 radical (unpaired) electrons. The number of aromatic nitrogens is 3. The Morgan fingerprint density at radius 3 is 2.44 bits per heavy atom. The highest BCUT2D eigenvalue weighted by atomic mass is 28.3. The molecule has 1 aromatic carbocycles. The van der Waals surface area contributed by atoms with Gasteiger partial charge in [-0.15, -0.1) is 0 Å². The van der Waals surface area contributed by atoms with Crippen molar-refractivity contribution in [2.45, 2.75) is 39.9 Å². The fraction of sp³-hybridized carbons (Fsp3) is 0.350. The van der Waals surface area contributed by atoms with Crippen LogP contribution in [0.5, 0.6) is 0 Å². The second kappa shape index (κ2) is 6.22. The lowest BCUT2D eigenvalue weighted by atomic mass is 9.88. The van der Waals surface area contributed by atoms with E-state index in [1.807, 2.05) is 20.0 Å². The van der Waals surface area contributed by atoms with Gasteiger partial charge in [0.1, 0.15) is 11.8 Å². The number of rotatable bonds is 5. The first-order valence-corrected chi connectivity index (χ1v) is 12.1. The van der Waals surface area contributed by atoms with Crippen LogP contribution in [0.2, 0.25) is 19.6 Å². The number of carbonyl (C=O) groups is 1. The molecule has 0 saturated heterocycles. The van der Waals surface area contributed by atoms with Crippen molar-refractivity contribution in [1.29, 1.82) is 0 Å². The number of nitrogens with one attached hydrogen (secondary N) is 1. The number of aromatic amines is 1. The van der Waals surface area contributed by atoms with Crippen LogP contribution in [0.1, 0.15) is 19.4 Å². The van der Waals surface area contributed by atoms with E-state index in [1.165, 1.54) is 5.19 Å². The molecule has 0 bridgehead atoms. The smallest absolute Gasteiger partial charge is 0.156 e. The zero-order valence-corrected chi connectivity index (χ0v) is 16.6. The third-order valence-corrected chi connectivity index (χ3v) is 6.54. The van der Waals surface area contributed by atoms with Crippen molar-refractivity contribution >= 4 is 30.7 Å². The Balaban J connectivity index is 1.99. The standard InChI is InChI=1S/C20H25N3OSi/c1-20(2,13-24)10-15-11-21-19-18(15)23-17(12-22-19)14-6-8-16(9-7-14)25(3,4)5/h6-9,11-13H,10H2,1-5H3,(H,21,22). The zero-order valence-electron chi connectivity index (χ0n) is 15.6. The molecule has 0 saturated carbocycles. The summed E-state index contributed by atoms with van der Waals surface area (Å²) >= 11 is 0. The van der Waals surface area contributed by atoms with Gasteiger partial charge in [0.05, 0.1) is 20.0 Å². The van der Waals surface area contributed by atoms with Gasteiger partial charge >= 0.3 is 0 Å². The highest BCUT2D eigenvalue weighted by molar-refractivity contribution is 6.88. The molecule has 0 fully saturated rings. The summed E-state index contributed by atoms with van der Waals surface area (Å²) in [5.74, 6) is 0. The van der Waals surface area contributed by atoms with Crippen molar-refractivity contribution in [3.8, 4) is 11.3 Å². The number of aldehydes is 1. The van der Waals surface area contributed by atoms with Crippen LogP contribution in [-0.2, 0) is 11.2 Å². The topological polar surface area (TPSA) is 58.6 Å². The molecule has 0 aliphatic rings. The van der Waals surface area contributed by atoms with Crippen LogP contribution in [0, 0.1) is 5.41 Å². The van der Waals surface area contributed by atoms with Gasteiger partial charge in [0, 0.05) is 17.2 Å². The molecule has 3 aromatic rings. The van der Waals surface area contributed by atoms with Crippen molar-refractivity contribution in [1.82, 2.24) is 15.0 Å². The minimum absolute atomic E-state index is 0.411. The molecule has 0 unspecified atom stereocenters. The molecule has 0 aliphatic heterocycles. The second-order valence-corrected chi connectivity index (χ2v) is 13.5. The van der Waals surface area contributed by atoms with Crippen LogP contribution in [0.25, 0.3) is 22.4 Å². The lowest BCUT2D eigenvalue weighted by Gasteiger charge is -2.16. The summed E-state index contributed by atoms with van der Waals surface area (Å²) in [4.78, 5) is 23.7. The fourth-order valence-corrected chi connectivity index (χ4v) is 4.06. The number of benzene rings is 1. The van der Waals surface area contributed by atoms with E-state index in [0.29, 0.717) is 6.42 Å². The molecule has 0 amide bonds. The lowest BCUT2D eigenvalue weighted by Crippen LogP contribution is -2.37. The zero-order chi connectivity index (χ0) is 18.2. The van der Waals surface area contributed by atoms with Gasteiger partial charge in [-0.05, 0) is 12.0 Å². The highest BCUT2D eigenvalue weighted by Crippen LogP contribution is 2.26. The number of carbonyl (C=O) groups excluding carboxylic acids is 1. The third kappa shape index (κ3) is 3.71. The maximum absolute atomic E-state index is 11.2. The predicted molar refractivity (Wildman–Crippen MR) is 106 cm³/mol. The van der Waals surface area contributed by atoms with E-state index in [0.717, 1.165) is 34.3 Å². The molecule has 0 aliphatic carbocycles. The number of hydrogen-bond donors (Lipinski definition) is 1. The summed E-state index contributed by atoms with van der Waals surface area (Å²) < 4.78 is 0. The maximum Gasteiger partial charge on any atom is 0.156 e. The molecular weight excluding hydrogens is 326 g/mol. The van der Waals surface area contributed by atoms with Gasteiger partial charge in [-0.2, -0.15) is 0 Å². The van der Waals surface area contributed by atoms with Crippen molar-refractivity contribution < 1.29 is 4.79 Å². The normalized spacial score (nSPS) is 12.5. The van der Waals surface area contributed by atoms with E-state index in [2.05, 4.69) is 53.9 Å². The summed E-state index contributed by atoms with van der Waals surface area (Å²) in [6, 6.07) is 8.68. The summed E-state index contributed by atoms with van der Waals surface area (Å²) in [5.41, 5.74) is 4.16. The molecule has 130 valence electrons. The Morgan fingerprint density at radius 2 is 1.84 bits per heavy atom. The number of H-pyrrole nitrogens is 1. The van der Waals surface area contributed by atoms with Crippen molar-refractivity contribution in [3.05, 3.63) is 42.2 Å². The minimum atomic E-state index is -1.30. The van der Waals surface area contributed by atoms with Crippen LogP contribution in [0.3, 0.4) is 0 Å². The Hall–Kier alpha value is -2.27. The number of nitrogens with zero attached hydrogens (tertiary/aromatic N) is 2. The van der Waals surface area contributed by atoms with Crippen LogP contribution < -0.4 is 5.19 Å². The predicted octanol–water partition coefficient (Wildman–Crippen LogP) is 3.94. The Kier molecular flexibility index (Phi) is 4.37. The molecule has 0 atom stereocenters. The first kappa shape index (κ1) is 17.5. The van der Waals surface area contributed by atoms with E-state index < -0.39 is 13.5 Å². The summed E-state index contributed by atoms with van der Waals surface area (Å²) in [6.07, 6.45) is 5.35. The van der Waals surface area contributed by atoms with Gasteiger partial charge in [0.15, 0.2) is 5.65 Å². The van der Waals surface area contributed by atoms with Crippen molar-refractivity contribution in [2.75, 3.05) is 0 Å². The van der Waals surface area contributed by atoms with Gasteiger partial charge in [-0.3, -0.25) is 0 Å². The molecule has 2 heterocycles. The van der Waals surface area contributed by atoms with Crippen LogP contribution in [0.4, 0.5) is 0 Å². The SMILES string of the molecule is CC(C)(C=O)Cc1c[nH]c2ncc(-c3ccc([Si](C)(C)C)cc3)nc12. The Bertz CT molecular complexity index is 905. The number of hydrogen-bond acceptors (Lipinski definition) is 3. The van der Waals surface area contributed by atoms with E-state index in [4.69, 9.17) is 4.98 Å². The molecule has 25 heavy (non-hydrogen) atoms. The van der Waals surface area contributed by atoms with Gasteiger partial charge < -0.3 is 9.78 Å². The molecule has 2 aromatic heterocycles. The Morgan fingerprint density at radius 1 is 1.16 bits per heavy atom. The average Bonchev–Trinajstić information content (AvgIpc) is 2.96. The van der Waals surface area contributed by atoms with Gasteiger partial charge in [0.25, 0.3) is 0 Å². The van der Waals surface area contributed by atoms with Gasteiger partial charge in [-0.1, -0.05) is 62.9 Å². The minimum Gasteiger partial charge on any atom is -0.345 e. The third-order valence-electron chi connectivity index (χ3n) is 4.47. The summed E-state index contributed by atoms with van der Waals surface area (Å²) in [6.45, 7) is 10.9. The van der Waals surface area contributed by atoms with Crippen LogP contribution >= 0.6 is 0 Å². The van der Waals surface area contributed by atoms with E-state index in [-0.39, 0.29) is 0 Å². The molecular formula is C20H25N3OSi. The maximum atomic E-state index is 11.2. The molecule has 4 nitrogen and oxygen atoms in total. The monoisotopic (exact) mass is 351 g/mol. The quantitative estimate of drug-likeness (QED) is 0.559. The average molecular weight is 352 g/mol. The lowest BCUT2D eigenvalue weighted by molar-refractivity contribution is -0.114. The van der Waals surface area contributed by atoms with Crippen molar-refractivity contribution in [2.24, 2.45) is 5.41 Å². The molecule has 3 rings (SSSR count). The first-order valence-electron chi connectivity index (χ1n) is 8.60. The Labute approximate surface area is 149 Å². The number of fused-ring (bicyclic) bond motifs is 1. The second-order valence-electron chi connectivity index (χ2n) is 8.38. The van der Waals surface area contributed by atoms with Gasteiger partial charge in [0.2, 0.25) is 0 Å². The van der Waals surface area contributed by atoms with Crippen molar-refractivity contribution in [3.63, 3.8) is 0 Å². The first-order chi connectivity index (χ1) is 11.7. The summed E-state index contributed by atoms with van der Waals surface area (Å²) in [5, 5.41) is 1.43. The van der Waals surface area contributed by atoms with Crippen LogP contribution in [0.15, 0.2) is 36.7 Å². The van der Waals surface area contributed by atoms with E-state index in [1.54, 1.807) is 6.20 Å². The largest absolute Gasteiger partial charge is 0.345 e. The fourth-order valence-electron chi connectivity index (χ4n) is 2.89. The molecule has 0 spiro atoms. The van der Waals surface area contributed by atoms with E-state index in [9.17, 15) is 4.79 Å². The van der Waals surface area contributed by atoms with Gasteiger partial charge in [-0.25, -0.2) is 9.97 Å². The van der Waals surface area contributed by atoms with E-state index >= 15 is 0 Å².